The van der Waals surface area contributed by atoms with Crippen molar-refractivity contribution in [1.29, 1.82) is 0 Å². The van der Waals surface area contributed by atoms with Crippen LogP contribution in [0.1, 0.15) is 98.0 Å². The Morgan fingerprint density at radius 3 is 2.32 bits per heavy atom. The highest BCUT2D eigenvalue weighted by atomic mass is 32.1. The SMILES string of the molecule is COC(=O)C1=C(C)NC(C)=C(C(=O)OCC(C)C)C1c1ccccc1[N+](=O)[O-].C[C@]12CCC(=O)C=C1CC[C@@H]1[C@@H]2C(=O)C[C@@]2(C)[C@H]1CC[C@]2(O)C(=O)CO.c1ccc2[nH]c(-c3cscn3)nc2c1. The second-order valence-corrected chi connectivity index (χ2v) is 20.0. The predicted octanol–water partition coefficient (Wildman–Crippen LogP) is 7.88. The Kier molecular flexibility index (Phi) is 14.5. The first-order valence-corrected chi connectivity index (χ1v) is 23.9. The Morgan fingerprint density at radius 2 is 1.68 bits per heavy atom. The normalized spacial score (nSPS) is 27.4. The number of aromatic amines is 1. The average Bonchev–Trinajstić information content (AvgIpc) is 4.07. The number of carbonyl (C=O) groups is 5. The Bertz CT molecular complexity index is 2710. The third kappa shape index (κ3) is 9.10. The summed E-state index contributed by atoms with van der Waals surface area (Å²) in [5.74, 6) is -1.50. The van der Waals surface area contributed by atoms with E-state index in [0.29, 0.717) is 37.1 Å². The second kappa shape index (κ2) is 19.8. The molecule has 7 atom stereocenters. The number of ether oxygens (including phenoxy) is 2. The predicted molar refractivity (Wildman–Crippen MR) is 254 cm³/mol. The lowest BCUT2D eigenvalue weighted by Gasteiger charge is -2.57. The van der Waals surface area contributed by atoms with Gasteiger partial charge in [-0.15, -0.1) is 11.3 Å². The van der Waals surface area contributed by atoms with Gasteiger partial charge in [-0.1, -0.05) is 63.6 Å². The molecule has 0 radical (unpaired) electrons. The van der Waals surface area contributed by atoms with Crippen LogP contribution in [0, 0.1) is 44.6 Å². The minimum atomic E-state index is -1.60. The molecule has 1 aliphatic heterocycles. The van der Waals surface area contributed by atoms with Crippen molar-refractivity contribution in [3.63, 3.8) is 0 Å². The summed E-state index contributed by atoms with van der Waals surface area (Å²) < 4.78 is 10.3. The molecule has 360 valence electrons. The summed E-state index contributed by atoms with van der Waals surface area (Å²) in [6, 6.07) is 14.0. The third-order valence-corrected chi connectivity index (χ3v) is 15.4. The zero-order chi connectivity index (χ0) is 49.3. The molecule has 68 heavy (non-hydrogen) atoms. The van der Waals surface area contributed by atoms with Crippen LogP contribution < -0.4 is 5.32 Å². The number of rotatable bonds is 9. The average molecular weight is 950 g/mol. The van der Waals surface area contributed by atoms with Crippen LogP contribution in [-0.2, 0) is 33.4 Å². The number of nitrogens with zero attached hydrogens (tertiary/aromatic N) is 3. The van der Waals surface area contributed by atoms with Gasteiger partial charge >= 0.3 is 11.9 Å². The number of Topliss-reactive ketones (excluding diaryl/α,β-unsaturated/α-hetero) is 2. The molecule has 9 rings (SSSR count). The van der Waals surface area contributed by atoms with Gasteiger partial charge in [0.05, 0.1) is 52.2 Å². The number of nitro benzene ring substituents is 1. The zero-order valence-corrected chi connectivity index (χ0v) is 40.2. The summed E-state index contributed by atoms with van der Waals surface area (Å²) in [4.78, 5) is 85.9. The van der Waals surface area contributed by atoms with E-state index in [1.165, 1.54) is 25.3 Å². The second-order valence-electron chi connectivity index (χ2n) is 19.3. The van der Waals surface area contributed by atoms with Crippen LogP contribution in [0.2, 0.25) is 0 Å². The van der Waals surface area contributed by atoms with Gasteiger partial charge in [0.1, 0.15) is 23.7 Å². The lowest BCUT2D eigenvalue weighted by molar-refractivity contribution is -0.385. The number of ketones is 3. The maximum Gasteiger partial charge on any atom is 0.336 e. The number of esters is 2. The number of carbonyl (C=O) groups excluding carboxylic acids is 5. The third-order valence-electron chi connectivity index (χ3n) is 14.9. The van der Waals surface area contributed by atoms with Crippen molar-refractivity contribution in [2.24, 2.45) is 34.5 Å². The van der Waals surface area contributed by atoms with Gasteiger partial charge in [0.15, 0.2) is 17.4 Å². The highest BCUT2D eigenvalue weighted by Gasteiger charge is 2.68. The summed E-state index contributed by atoms with van der Waals surface area (Å²) in [6.07, 6.45) is 5.83. The minimum Gasteiger partial charge on any atom is -0.466 e. The van der Waals surface area contributed by atoms with Crippen LogP contribution >= 0.6 is 11.3 Å². The van der Waals surface area contributed by atoms with Crippen LogP contribution in [0.4, 0.5) is 5.69 Å². The number of nitro groups is 1. The number of para-hydroxylation sites is 3. The van der Waals surface area contributed by atoms with Crippen LogP contribution in [0.25, 0.3) is 22.6 Å². The van der Waals surface area contributed by atoms with E-state index in [4.69, 9.17) is 9.47 Å². The smallest absolute Gasteiger partial charge is 0.336 e. The summed E-state index contributed by atoms with van der Waals surface area (Å²) in [7, 11) is 1.22. The number of H-pyrrole nitrogens is 1. The maximum absolute atomic E-state index is 13.3. The molecule has 5 aliphatic rings. The van der Waals surface area contributed by atoms with E-state index in [9.17, 15) is 44.3 Å². The minimum absolute atomic E-state index is 0.0988. The molecule has 0 bridgehead atoms. The van der Waals surface area contributed by atoms with Crippen molar-refractivity contribution >= 4 is 57.3 Å². The number of dihydropyridines is 1. The van der Waals surface area contributed by atoms with Crippen LogP contribution in [0.5, 0.6) is 0 Å². The number of allylic oxidation sites excluding steroid dienone is 3. The number of hydrogen-bond donors (Lipinski definition) is 4. The van der Waals surface area contributed by atoms with E-state index < -0.39 is 46.2 Å². The van der Waals surface area contributed by atoms with Crippen molar-refractivity contribution in [3.8, 4) is 11.5 Å². The molecule has 4 N–H and O–H groups in total. The standard InChI is InChI=1S/C21H28O5.C20H24N2O6.C10H7N3S/c1-19-7-5-13(23)9-12(19)3-4-14-15-6-8-21(26,17(25)11-22)20(15,2)10-16(24)18(14)19;1-11(2)10-28-20(24)17-13(4)21-12(3)16(19(23)27-5)18(17)14-8-6-7-9-15(14)22(25)26;1-2-4-8-7(3-1)12-10(13-8)9-5-14-6-11-9/h9,14-15,18,22,26H,3-8,10-11H2,1-2H3;6-9,11,18,21H,10H2,1-5H3;1-6H,(H,12,13)/t14-,15-,18+,19-,20-,21-;;/m0../s1. The largest absolute Gasteiger partial charge is 0.466 e. The van der Waals surface area contributed by atoms with Crippen LogP contribution in [0.3, 0.4) is 0 Å². The van der Waals surface area contributed by atoms with Crippen molar-refractivity contribution in [2.45, 2.75) is 98.0 Å². The number of thiazole rings is 1. The number of hydrogen-bond acceptors (Lipinski definition) is 15. The molecule has 0 spiro atoms. The van der Waals surface area contributed by atoms with E-state index in [1.807, 2.05) is 55.9 Å². The molecule has 16 nitrogen and oxygen atoms in total. The first-order chi connectivity index (χ1) is 32.3. The van der Waals surface area contributed by atoms with E-state index in [0.717, 1.165) is 41.0 Å². The van der Waals surface area contributed by atoms with Crippen LogP contribution in [0.15, 0.2) is 93.6 Å². The van der Waals surface area contributed by atoms with Gasteiger partial charge < -0.3 is 30.0 Å². The molecule has 0 saturated heterocycles. The van der Waals surface area contributed by atoms with E-state index in [2.05, 4.69) is 27.2 Å². The zero-order valence-electron chi connectivity index (χ0n) is 39.4. The fraction of sp³-hybridized carbons (Fsp3) is 0.471. The fourth-order valence-corrected chi connectivity index (χ4v) is 12.1. The fourth-order valence-electron chi connectivity index (χ4n) is 11.6. The number of aromatic nitrogens is 3. The molecule has 3 fully saturated rings. The molecule has 0 amide bonds. The molecule has 4 aromatic rings. The summed E-state index contributed by atoms with van der Waals surface area (Å²) in [5, 5.41) is 37.1. The van der Waals surface area contributed by atoms with Gasteiger partial charge in [-0.05, 0) is 87.3 Å². The van der Waals surface area contributed by atoms with E-state index in [1.54, 1.807) is 37.3 Å². The maximum atomic E-state index is 13.3. The number of fused-ring (bicyclic) bond motifs is 6. The van der Waals surface area contributed by atoms with E-state index >= 15 is 0 Å². The Labute approximate surface area is 398 Å². The Balaban J connectivity index is 0.000000158. The van der Waals surface area contributed by atoms with Gasteiger partial charge in [-0.2, -0.15) is 0 Å². The molecule has 2 aromatic carbocycles. The number of aliphatic hydroxyl groups excluding tert-OH is 1. The van der Waals surface area contributed by atoms with Gasteiger partial charge in [-0.3, -0.25) is 24.5 Å². The van der Waals surface area contributed by atoms with Gasteiger partial charge in [0, 0.05) is 52.6 Å². The van der Waals surface area contributed by atoms with Gasteiger partial charge in [0.25, 0.3) is 5.69 Å². The number of nitrogens with one attached hydrogen (secondary N) is 2. The quantitative estimate of drug-likeness (QED) is 0.0709. The first-order valence-electron chi connectivity index (χ1n) is 22.9. The molecule has 2 aromatic heterocycles. The van der Waals surface area contributed by atoms with Crippen molar-refractivity contribution < 1.29 is 48.6 Å². The summed E-state index contributed by atoms with van der Waals surface area (Å²) >= 11 is 1.57. The highest BCUT2D eigenvalue weighted by Crippen LogP contribution is 2.66. The number of methoxy groups -OCH3 is 1. The van der Waals surface area contributed by atoms with Crippen LogP contribution in [-0.4, -0.2) is 85.3 Å². The van der Waals surface area contributed by atoms with Crippen molar-refractivity contribution in [2.75, 3.05) is 20.3 Å². The lowest BCUT2D eigenvalue weighted by atomic mass is 9.46. The molecule has 4 aliphatic carbocycles. The summed E-state index contributed by atoms with van der Waals surface area (Å²) in [5.41, 5.74) is 4.47. The Hall–Kier alpha value is -6.17. The first kappa shape index (κ1) is 49.7. The lowest BCUT2D eigenvalue weighted by Crippen LogP contribution is -2.60. The van der Waals surface area contributed by atoms with E-state index in [-0.39, 0.29) is 76.1 Å². The molecule has 17 heteroatoms. The van der Waals surface area contributed by atoms with Crippen molar-refractivity contribution in [3.05, 3.63) is 109 Å². The molecular weight excluding hydrogens is 891 g/mol. The Morgan fingerprint density at radius 1 is 0.985 bits per heavy atom. The van der Waals surface area contributed by atoms with Gasteiger partial charge in [0.2, 0.25) is 0 Å². The summed E-state index contributed by atoms with van der Waals surface area (Å²) in [6.45, 7) is 10.6. The topological polar surface area (TPSA) is 241 Å². The van der Waals surface area contributed by atoms with Gasteiger partial charge in [-0.25, -0.2) is 19.6 Å². The highest BCUT2D eigenvalue weighted by molar-refractivity contribution is 7.07. The number of imidazole rings is 1. The number of aliphatic hydroxyl groups is 2. The molecule has 3 saturated carbocycles. The monoisotopic (exact) mass is 949 g/mol. The molecular formula is C51H59N5O11S. The van der Waals surface area contributed by atoms with Crippen molar-refractivity contribution in [1.82, 2.24) is 20.3 Å². The number of benzene rings is 2. The molecule has 3 heterocycles. The molecule has 1 unspecified atom stereocenters.